The summed E-state index contributed by atoms with van der Waals surface area (Å²) in [5, 5.41) is 0.884. The third kappa shape index (κ3) is 1.77. The maximum absolute atomic E-state index is 5.83. The molecule has 1 aliphatic rings. The molecule has 2 N–H and O–H groups in total. The average molecular weight is 158 g/mol. The molecule has 0 aromatic carbocycles. The van der Waals surface area contributed by atoms with Gasteiger partial charge >= 0.3 is 0 Å². The van der Waals surface area contributed by atoms with Crippen molar-refractivity contribution in [3.63, 3.8) is 0 Å². The monoisotopic (exact) mass is 157 g/mol. The van der Waals surface area contributed by atoms with Gasteiger partial charge in [-0.25, -0.2) is 0 Å². The van der Waals surface area contributed by atoms with Crippen LogP contribution < -0.4 is 5.73 Å². The Balaban J connectivity index is 2.82. The molecule has 0 saturated heterocycles. The van der Waals surface area contributed by atoms with Crippen LogP contribution in [0.5, 0.6) is 0 Å². The van der Waals surface area contributed by atoms with Crippen LogP contribution in [-0.2, 0) is 0 Å². The Kier molecular flexibility index (Phi) is 2.39. The SMILES string of the molecule is CC1=C(N)C=C(Cl)CCC1. The van der Waals surface area contributed by atoms with Gasteiger partial charge in [-0.1, -0.05) is 17.2 Å². The fourth-order valence-corrected chi connectivity index (χ4v) is 1.28. The lowest BCUT2D eigenvalue weighted by molar-refractivity contribution is 0.830. The molecule has 0 bridgehead atoms. The number of hydrogen-bond donors (Lipinski definition) is 1. The fourth-order valence-electron chi connectivity index (χ4n) is 1.03. The van der Waals surface area contributed by atoms with Gasteiger partial charge in [0, 0.05) is 10.7 Å². The smallest absolute Gasteiger partial charge is 0.0314 e. The molecule has 1 rings (SSSR count). The van der Waals surface area contributed by atoms with E-state index in [0.29, 0.717) is 0 Å². The zero-order valence-corrected chi connectivity index (χ0v) is 6.91. The van der Waals surface area contributed by atoms with Crippen molar-refractivity contribution in [2.75, 3.05) is 0 Å². The van der Waals surface area contributed by atoms with Gasteiger partial charge in [-0.2, -0.15) is 0 Å². The summed E-state index contributed by atoms with van der Waals surface area (Å²) in [5.41, 5.74) is 7.80. The van der Waals surface area contributed by atoms with Crippen LogP contribution in [-0.4, -0.2) is 0 Å². The van der Waals surface area contributed by atoms with Crippen LogP contribution in [0.2, 0.25) is 0 Å². The quantitative estimate of drug-likeness (QED) is 0.575. The van der Waals surface area contributed by atoms with E-state index in [9.17, 15) is 0 Å². The first kappa shape index (κ1) is 7.67. The second-order valence-corrected chi connectivity index (χ2v) is 3.17. The summed E-state index contributed by atoms with van der Waals surface area (Å²) < 4.78 is 0. The van der Waals surface area contributed by atoms with E-state index in [-0.39, 0.29) is 0 Å². The molecular weight excluding hydrogens is 146 g/mol. The number of halogens is 1. The fraction of sp³-hybridized carbons (Fsp3) is 0.500. The van der Waals surface area contributed by atoms with Crippen LogP contribution in [0, 0.1) is 0 Å². The molecular formula is C8H12ClN. The first-order valence-corrected chi connectivity index (χ1v) is 3.89. The predicted molar refractivity (Wildman–Crippen MR) is 44.7 cm³/mol. The minimum absolute atomic E-state index is 0.850. The Hall–Kier alpha value is -0.430. The van der Waals surface area contributed by atoms with Crippen molar-refractivity contribution in [2.24, 2.45) is 5.73 Å². The molecule has 0 spiro atoms. The van der Waals surface area contributed by atoms with E-state index in [1.165, 1.54) is 5.57 Å². The molecule has 10 heavy (non-hydrogen) atoms. The Morgan fingerprint density at radius 2 is 2.20 bits per heavy atom. The molecule has 2 heteroatoms. The van der Waals surface area contributed by atoms with Crippen molar-refractivity contribution in [3.8, 4) is 0 Å². The predicted octanol–water partition coefficient (Wildman–Crippen LogP) is 2.53. The van der Waals surface area contributed by atoms with Gasteiger partial charge in [-0.3, -0.25) is 0 Å². The van der Waals surface area contributed by atoms with Gasteiger partial charge in [-0.05, 0) is 32.3 Å². The van der Waals surface area contributed by atoms with Crippen LogP contribution in [0.25, 0.3) is 0 Å². The molecule has 1 aliphatic carbocycles. The molecule has 1 nitrogen and oxygen atoms in total. The van der Waals surface area contributed by atoms with Gasteiger partial charge in [-0.15, -0.1) is 0 Å². The number of allylic oxidation sites excluding steroid dienone is 3. The first-order valence-electron chi connectivity index (χ1n) is 3.51. The zero-order chi connectivity index (χ0) is 7.56. The Labute approximate surface area is 66.6 Å². The lowest BCUT2D eigenvalue weighted by Crippen LogP contribution is -1.95. The summed E-state index contributed by atoms with van der Waals surface area (Å²) in [4.78, 5) is 0. The molecule has 0 aliphatic heterocycles. The van der Waals surface area contributed by atoms with Crippen molar-refractivity contribution in [1.29, 1.82) is 0 Å². The third-order valence-electron chi connectivity index (χ3n) is 1.77. The van der Waals surface area contributed by atoms with Crippen molar-refractivity contribution < 1.29 is 0 Å². The molecule has 0 heterocycles. The topological polar surface area (TPSA) is 26.0 Å². The van der Waals surface area contributed by atoms with Crippen molar-refractivity contribution in [3.05, 3.63) is 22.4 Å². The summed E-state index contributed by atoms with van der Waals surface area (Å²) in [6.07, 6.45) is 5.05. The number of rotatable bonds is 0. The number of nitrogens with two attached hydrogens (primary N) is 1. The second-order valence-electron chi connectivity index (χ2n) is 2.68. The molecule has 0 aromatic rings. The maximum Gasteiger partial charge on any atom is 0.0314 e. The highest BCUT2D eigenvalue weighted by atomic mass is 35.5. The lowest BCUT2D eigenvalue weighted by Gasteiger charge is -1.97. The van der Waals surface area contributed by atoms with E-state index >= 15 is 0 Å². The van der Waals surface area contributed by atoms with Gasteiger partial charge < -0.3 is 5.73 Å². The van der Waals surface area contributed by atoms with Crippen molar-refractivity contribution in [1.82, 2.24) is 0 Å². The van der Waals surface area contributed by atoms with Crippen molar-refractivity contribution in [2.45, 2.75) is 26.2 Å². The molecule has 0 saturated carbocycles. The van der Waals surface area contributed by atoms with Crippen LogP contribution in [0.4, 0.5) is 0 Å². The third-order valence-corrected chi connectivity index (χ3v) is 2.07. The Bertz CT molecular complexity index is 191. The van der Waals surface area contributed by atoms with Gasteiger partial charge in [0.05, 0.1) is 0 Å². The standard InChI is InChI=1S/C8H12ClN/c1-6-3-2-4-7(9)5-8(6)10/h5H,2-4,10H2,1H3. The largest absolute Gasteiger partial charge is 0.399 e. The summed E-state index contributed by atoms with van der Waals surface area (Å²) in [5.74, 6) is 0. The number of hydrogen-bond acceptors (Lipinski definition) is 1. The van der Waals surface area contributed by atoms with Crippen LogP contribution in [0.1, 0.15) is 26.2 Å². The molecule has 56 valence electrons. The van der Waals surface area contributed by atoms with Gasteiger partial charge in [0.1, 0.15) is 0 Å². The maximum atomic E-state index is 5.83. The van der Waals surface area contributed by atoms with Crippen molar-refractivity contribution >= 4 is 11.6 Å². The van der Waals surface area contributed by atoms with Crippen LogP contribution >= 0.6 is 11.6 Å². The minimum atomic E-state index is 0.850. The lowest BCUT2D eigenvalue weighted by atomic mass is 10.1. The normalized spacial score (nSPS) is 20.4. The zero-order valence-electron chi connectivity index (χ0n) is 6.15. The molecule has 0 radical (unpaired) electrons. The molecule has 0 amide bonds. The second kappa shape index (κ2) is 3.11. The van der Waals surface area contributed by atoms with Crippen LogP contribution in [0.15, 0.2) is 22.4 Å². The van der Waals surface area contributed by atoms with E-state index in [1.54, 1.807) is 0 Å². The molecule has 0 aromatic heterocycles. The summed E-state index contributed by atoms with van der Waals surface area (Å²) >= 11 is 5.83. The van der Waals surface area contributed by atoms with E-state index in [0.717, 1.165) is 30.0 Å². The van der Waals surface area contributed by atoms with Gasteiger partial charge in [0.15, 0.2) is 0 Å². The highest BCUT2D eigenvalue weighted by Crippen LogP contribution is 2.21. The summed E-state index contributed by atoms with van der Waals surface area (Å²) in [6, 6.07) is 0. The Morgan fingerprint density at radius 1 is 1.50 bits per heavy atom. The molecule has 0 atom stereocenters. The van der Waals surface area contributed by atoms with Crippen LogP contribution in [0.3, 0.4) is 0 Å². The van der Waals surface area contributed by atoms with E-state index < -0.39 is 0 Å². The molecule has 0 unspecified atom stereocenters. The molecule has 0 fully saturated rings. The highest BCUT2D eigenvalue weighted by molar-refractivity contribution is 6.29. The Morgan fingerprint density at radius 3 is 2.90 bits per heavy atom. The summed E-state index contributed by atoms with van der Waals surface area (Å²) in [6.45, 7) is 2.06. The highest BCUT2D eigenvalue weighted by Gasteiger charge is 2.03. The first-order chi connectivity index (χ1) is 4.70. The minimum Gasteiger partial charge on any atom is -0.399 e. The summed E-state index contributed by atoms with van der Waals surface area (Å²) in [7, 11) is 0. The van der Waals surface area contributed by atoms with Gasteiger partial charge in [0.2, 0.25) is 0 Å². The van der Waals surface area contributed by atoms with E-state index in [2.05, 4.69) is 6.92 Å². The average Bonchev–Trinajstić information content (AvgIpc) is 1.96. The van der Waals surface area contributed by atoms with Gasteiger partial charge in [0.25, 0.3) is 0 Å². The van der Waals surface area contributed by atoms with E-state index in [4.69, 9.17) is 17.3 Å². The van der Waals surface area contributed by atoms with E-state index in [1.807, 2.05) is 6.08 Å².